The van der Waals surface area contributed by atoms with Crippen molar-refractivity contribution in [2.24, 2.45) is 22.9 Å². The molecule has 1 aliphatic carbocycles. The van der Waals surface area contributed by atoms with Gasteiger partial charge in [0.15, 0.2) is 12.6 Å². The number of nitrogens with two attached hydrogens (primary N) is 4. The maximum absolute atomic E-state index is 11.0. The van der Waals surface area contributed by atoms with Crippen molar-refractivity contribution < 1.29 is 34.3 Å². The summed E-state index contributed by atoms with van der Waals surface area (Å²) in [5, 5.41) is 34.9. The molecule has 2 aliphatic heterocycles. The topological polar surface area (TPSA) is 214 Å². The Morgan fingerprint density at radius 2 is 1.61 bits per heavy atom. The Morgan fingerprint density at radius 3 is 2.19 bits per heavy atom. The molecule has 0 spiro atoms. The highest BCUT2D eigenvalue weighted by Gasteiger charge is 2.50. The lowest BCUT2D eigenvalue weighted by Gasteiger charge is -2.48. The van der Waals surface area contributed by atoms with E-state index >= 15 is 0 Å². The molecule has 0 amide bonds. The van der Waals surface area contributed by atoms with Crippen molar-refractivity contribution in [3.8, 4) is 0 Å². The van der Waals surface area contributed by atoms with Gasteiger partial charge in [0.2, 0.25) is 0 Å². The van der Waals surface area contributed by atoms with E-state index in [1.165, 1.54) is 0 Å². The normalized spacial score (nSPS) is 51.6. The lowest BCUT2D eigenvalue weighted by molar-refractivity contribution is -0.306. The number of likely N-dealkylation sites (N-methyl/N-ethyl adjacent to an activating group) is 1. The van der Waals surface area contributed by atoms with Gasteiger partial charge in [0.1, 0.15) is 30.0 Å². The largest absolute Gasteiger partial charge is 0.388 e. The van der Waals surface area contributed by atoms with Crippen LogP contribution in [-0.4, -0.2) is 108 Å². The minimum Gasteiger partial charge on any atom is -0.388 e. The van der Waals surface area contributed by atoms with E-state index in [2.05, 4.69) is 5.32 Å². The molecule has 0 aromatic carbocycles. The smallest absolute Gasteiger partial charge is 0.185 e. The van der Waals surface area contributed by atoms with Gasteiger partial charge in [-0.15, -0.1) is 0 Å². The van der Waals surface area contributed by atoms with Gasteiger partial charge in [-0.1, -0.05) is 0 Å². The molecule has 3 aliphatic rings. The van der Waals surface area contributed by atoms with E-state index in [1.807, 2.05) is 0 Å². The van der Waals surface area contributed by atoms with Crippen LogP contribution in [0, 0.1) is 0 Å². The summed E-state index contributed by atoms with van der Waals surface area (Å²) < 4.78 is 23.3. The molecule has 182 valence electrons. The molecule has 0 aromatic rings. The lowest BCUT2D eigenvalue weighted by atomic mass is 9.84. The summed E-state index contributed by atoms with van der Waals surface area (Å²) in [6.45, 7) is 1.83. The molecule has 12 N–H and O–H groups in total. The Hall–Kier alpha value is -0.480. The zero-order valence-corrected chi connectivity index (χ0v) is 18.2. The highest BCUT2D eigenvalue weighted by Crippen LogP contribution is 2.31. The molecule has 1 saturated carbocycles. The van der Waals surface area contributed by atoms with Gasteiger partial charge in [-0.2, -0.15) is 0 Å². The van der Waals surface area contributed by atoms with E-state index in [9.17, 15) is 15.3 Å². The van der Waals surface area contributed by atoms with Crippen LogP contribution in [-0.2, 0) is 18.9 Å². The highest BCUT2D eigenvalue weighted by atomic mass is 16.7. The molecule has 2 saturated heterocycles. The Labute approximate surface area is 182 Å². The third-order valence-corrected chi connectivity index (χ3v) is 6.55. The van der Waals surface area contributed by atoms with Gasteiger partial charge in [-0.3, -0.25) is 0 Å². The van der Waals surface area contributed by atoms with Gasteiger partial charge in [0, 0.05) is 18.6 Å². The number of rotatable bonds is 6. The summed E-state index contributed by atoms with van der Waals surface area (Å²) in [5.74, 6) is 0. The lowest BCUT2D eigenvalue weighted by Crippen LogP contribution is -2.68. The van der Waals surface area contributed by atoms with Gasteiger partial charge in [0.05, 0.1) is 24.8 Å². The molecule has 2 heterocycles. The second-order valence-electron chi connectivity index (χ2n) is 9.15. The van der Waals surface area contributed by atoms with E-state index in [0.29, 0.717) is 19.4 Å². The monoisotopic (exact) mass is 449 g/mol. The SMILES string of the molecule is CNC1C(O)C(O[C@@H]2[C@@H](O)[C@H](OC3O[C@H](CN)CCC3N)[C@@H](N)C[C@H]2N)OCC1(C)O. The van der Waals surface area contributed by atoms with Crippen LogP contribution in [0.5, 0.6) is 0 Å². The number of aliphatic hydroxyl groups is 3. The zero-order chi connectivity index (χ0) is 22.9. The number of hydrogen-bond donors (Lipinski definition) is 8. The van der Waals surface area contributed by atoms with E-state index in [0.717, 1.165) is 6.42 Å². The van der Waals surface area contributed by atoms with Gasteiger partial charge < -0.3 is 62.5 Å². The number of ether oxygens (including phenoxy) is 4. The standard InChI is InChI=1S/C19H39N5O7/c1-19(27)7-28-18(13(26)16(19)24-2)31-15-11(23)5-10(22)14(12(15)25)30-17-9(21)4-3-8(6-20)29-17/h8-18,24-27H,3-7,20-23H2,1-2H3/t8-,9?,10-,11+,12-,13?,14+,15-,16?,17?,18?,19?/m0/s1. The molecular weight excluding hydrogens is 410 g/mol. The number of hydrogen-bond acceptors (Lipinski definition) is 12. The molecule has 12 nitrogen and oxygen atoms in total. The van der Waals surface area contributed by atoms with E-state index < -0.39 is 60.7 Å². The molecule has 31 heavy (non-hydrogen) atoms. The van der Waals surface area contributed by atoms with Crippen molar-refractivity contribution in [2.75, 3.05) is 20.2 Å². The third-order valence-electron chi connectivity index (χ3n) is 6.55. The maximum Gasteiger partial charge on any atom is 0.185 e. The predicted octanol–water partition coefficient (Wildman–Crippen LogP) is -3.98. The van der Waals surface area contributed by atoms with Crippen LogP contribution < -0.4 is 28.3 Å². The summed E-state index contributed by atoms with van der Waals surface area (Å²) in [5.41, 5.74) is 23.0. The summed E-state index contributed by atoms with van der Waals surface area (Å²) in [6, 6.07) is -2.26. The van der Waals surface area contributed by atoms with Crippen molar-refractivity contribution in [2.45, 2.75) is 99.1 Å². The molecule has 12 atom stereocenters. The summed E-state index contributed by atoms with van der Waals surface area (Å²) >= 11 is 0. The van der Waals surface area contributed by atoms with Crippen molar-refractivity contribution in [3.63, 3.8) is 0 Å². The first-order valence-electron chi connectivity index (χ1n) is 10.9. The van der Waals surface area contributed by atoms with Crippen molar-refractivity contribution >= 4 is 0 Å². The van der Waals surface area contributed by atoms with Crippen molar-refractivity contribution in [1.82, 2.24) is 5.32 Å². The summed E-state index contributed by atoms with van der Waals surface area (Å²) in [6.07, 6.45) is -4.48. The Kier molecular flexibility index (Phi) is 8.27. The first-order chi connectivity index (χ1) is 14.6. The molecule has 6 unspecified atom stereocenters. The molecule has 3 fully saturated rings. The molecule has 0 bridgehead atoms. The molecule has 0 aromatic heterocycles. The van der Waals surface area contributed by atoms with Crippen LogP contribution in [0.25, 0.3) is 0 Å². The van der Waals surface area contributed by atoms with Crippen LogP contribution in [0.15, 0.2) is 0 Å². The zero-order valence-electron chi connectivity index (χ0n) is 18.2. The van der Waals surface area contributed by atoms with Crippen LogP contribution in [0.2, 0.25) is 0 Å². The van der Waals surface area contributed by atoms with Gasteiger partial charge in [-0.05, 0) is 33.2 Å². The van der Waals surface area contributed by atoms with Crippen LogP contribution in [0.3, 0.4) is 0 Å². The van der Waals surface area contributed by atoms with E-state index in [-0.39, 0.29) is 18.8 Å². The van der Waals surface area contributed by atoms with Crippen LogP contribution >= 0.6 is 0 Å². The summed E-state index contributed by atoms with van der Waals surface area (Å²) in [7, 11) is 1.62. The second-order valence-corrected chi connectivity index (χ2v) is 9.15. The molecule has 3 rings (SSSR count). The maximum atomic E-state index is 11.0. The highest BCUT2D eigenvalue weighted by molar-refractivity contribution is 5.01. The molecular formula is C19H39N5O7. The first-order valence-corrected chi connectivity index (χ1v) is 10.9. The average Bonchev–Trinajstić information content (AvgIpc) is 2.71. The Bertz CT molecular complexity index is 588. The second kappa shape index (κ2) is 10.2. The average molecular weight is 450 g/mol. The van der Waals surface area contributed by atoms with Gasteiger partial charge in [0.25, 0.3) is 0 Å². The minimum absolute atomic E-state index is 0.0665. The van der Waals surface area contributed by atoms with Gasteiger partial charge in [-0.25, -0.2) is 0 Å². The Balaban J connectivity index is 1.68. The summed E-state index contributed by atoms with van der Waals surface area (Å²) in [4.78, 5) is 0. The van der Waals surface area contributed by atoms with Crippen LogP contribution in [0.1, 0.15) is 26.2 Å². The van der Waals surface area contributed by atoms with Gasteiger partial charge >= 0.3 is 0 Å². The number of aliphatic hydroxyl groups excluding tert-OH is 2. The van der Waals surface area contributed by atoms with E-state index in [1.54, 1.807) is 14.0 Å². The fourth-order valence-corrected chi connectivity index (χ4v) is 4.69. The minimum atomic E-state index is -1.29. The van der Waals surface area contributed by atoms with Crippen molar-refractivity contribution in [1.29, 1.82) is 0 Å². The predicted molar refractivity (Wildman–Crippen MR) is 110 cm³/mol. The quantitative estimate of drug-likeness (QED) is 0.195. The van der Waals surface area contributed by atoms with Crippen molar-refractivity contribution in [3.05, 3.63) is 0 Å². The van der Waals surface area contributed by atoms with Crippen LogP contribution in [0.4, 0.5) is 0 Å². The fraction of sp³-hybridized carbons (Fsp3) is 1.00. The number of nitrogens with one attached hydrogen (secondary N) is 1. The first kappa shape index (κ1) is 25.1. The fourth-order valence-electron chi connectivity index (χ4n) is 4.69. The van der Waals surface area contributed by atoms with E-state index in [4.69, 9.17) is 41.9 Å². The molecule has 12 heteroatoms. The Morgan fingerprint density at radius 1 is 1.00 bits per heavy atom. The third kappa shape index (κ3) is 5.37. The molecule has 0 radical (unpaired) electrons.